The van der Waals surface area contributed by atoms with Gasteiger partial charge < -0.3 is 10.6 Å². The van der Waals surface area contributed by atoms with Gasteiger partial charge in [0.25, 0.3) is 0 Å². The number of nitrogens with two attached hydrogens (primary N) is 1. The topological polar surface area (TPSA) is 75.4 Å². The Kier molecular flexibility index (Phi) is 3.80. The lowest BCUT2D eigenvalue weighted by Gasteiger charge is -2.36. The molecule has 6 heteroatoms. The number of hydrogen-bond donors (Lipinski definition) is 2. The fourth-order valence-electron chi connectivity index (χ4n) is 2.26. The maximum absolute atomic E-state index is 11.9. The van der Waals surface area contributed by atoms with Crippen LogP contribution in [0, 0.1) is 0 Å². The Morgan fingerprint density at radius 2 is 2.16 bits per heavy atom. The van der Waals surface area contributed by atoms with Crippen LogP contribution in [-0.2, 0) is 9.59 Å². The maximum atomic E-state index is 11.9. The number of carbonyl (C=O) groups is 2. The van der Waals surface area contributed by atoms with Gasteiger partial charge in [-0.25, -0.2) is 0 Å². The summed E-state index contributed by atoms with van der Waals surface area (Å²) in [6.45, 7) is 2.03. The number of rotatable bonds is 3. The zero-order valence-electron chi connectivity index (χ0n) is 10.6. The Morgan fingerprint density at radius 3 is 2.79 bits per heavy atom. The predicted molar refractivity (Wildman–Crippen MR) is 76.9 cm³/mol. The van der Waals surface area contributed by atoms with E-state index in [9.17, 15) is 9.59 Å². The summed E-state index contributed by atoms with van der Waals surface area (Å²) in [4.78, 5) is 25.4. The average Bonchev–Trinajstić information content (AvgIpc) is 2.37. The van der Waals surface area contributed by atoms with Gasteiger partial charge in [0.15, 0.2) is 0 Å². The molecule has 1 unspecified atom stereocenters. The molecule has 3 N–H and O–H groups in total. The van der Waals surface area contributed by atoms with Crippen LogP contribution in [0.2, 0.25) is 0 Å². The Bertz CT molecular complexity index is 544. The Labute approximate surface area is 116 Å². The predicted octanol–water partition coefficient (Wildman–Crippen LogP) is 0.562. The van der Waals surface area contributed by atoms with Crippen LogP contribution < -0.4 is 16.0 Å². The molecule has 2 rings (SSSR count). The van der Waals surface area contributed by atoms with Crippen LogP contribution in [0.15, 0.2) is 24.3 Å². The zero-order chi connectivity index (χ0) is 14.0. The highest BCUT2D eigenvalue weighted by atomic mass is 32.1. The quantitative estimate of drug-likeness (QED) is 0.624. The summed E-state index contributed by atoms with van der Waals surface area (Å²) in [5.74, 6) is -0.594. The van der Waals surface area contributed by atoms with Crippen molar-refractivity contribution in [2.45, 2.75) is 19.4 Å². The minimum atomic E-state index is -0.381. The molecule has 0 bridgehead atoms. The van der Waals surface area contributed by atoms with Crippen LogP contribution in [0.25, 0.3) is 0 Å². The van der Waals surface area contributed by atoms with Crippen molar-refractivity contribution >= 4 is 34.7 Å². The van der Waals surface area contributed by atoms with E-state index in [2.05, 4.69) is 5.32 Å². The molecule has 1 atom stereocenters. The van der Waals surface area contributed by atoms with Crippen LogP contribution >= 0.6 is 12.2 Å². The molecule has 2 amide bonds. The lowest BCUT2D eigenvalue weighted by Crippen LogP contribution is -2.58. The number of nitrogens with one attached hydrogen (secondary N) is 1. The Morgan fingerprint density at radius 1 is 1.47 bits per heavy atom. The van der Waals surface area contributed by atoms with Gasteiger partial charge in [-0.15, -0.1) is 0 Å². The molecule has 1 fully saturated rings. The van der Waals surface area contributed by atoms with Gasteiger partial charge in [-0.05, 0) is 18.6 Å². The lowest BCUT2D eigenvalue weighted by atomic mass is 10.1. The summed E-state index contributed by atoms with van der Waals surface area (Å²) in [6.07, 6.45) is 0.602. The van der Waals surface area contributed by atoms with Crippen LogP contribution in [0.4, 0.5) is 5.69 Å². The molecule has 1 saturated heterocycles. The number of anilines is 1. The van der Waals surface area contributed by atoms with E-state index in [1.54, 1.807) is 11.0 Å². The van der Waals surface area contributed by atoms with Gasteiger partial charge in [0.1, 0.15) is 11.0 Å². The van der Waals surface area contributed by atoms with E-state index in [4.69, 9.17) is 18.0 Å². The molecule has 1 aliphatic rings. The number of benzene rings is 1. The van der Waals surface area contributed by atoms with Gasteiger partial charge in [-0.3, -0.25) is 14.9 Å². The molecule has 1 aliphatic heterocycles. The number of hydrogen-bond acceptors (Lipinski definition) is 4. The second-order valence-electron chi connectivity index (χ2n) is 4.35. The molecule has 19 heavy (non-hydrogen) atoms. The third-order valence-electron chi connectivity index (χ3n) is 3.12. The fourth-order valence-corrected chi connectivity index (χ4v) is 2.43. The second kappa shape index (κ2) is 5.36. The summed E-state index contributed by atoms with van der Waals surface area (Å²) in [6, 6.07) is 6.89. The van der Waals surface area contributed by atoms with E-state index in [0.717, 1.165) is 5.69 Å². The molecule has 100 valence electrons. The van der Waals surface area contributed by atoms with Crippen molar-refractivity contribution in [2.75, 3.05) is 11.4 Å². The van der Waals surface area contributed by atoms with E-state index >= 15 is 0 Å². The number of para-hydroxylation sites is 1. The van der Waals surface area contributed by atoms with E-state index in [-0.39, 0.29) is 29.4 Å². The van der Waals surface area contributed by atoms with Crippen molar-refractivity contribution in [3.63, 3.8) is 0 Å². The van der Waals surface area contributed by atoms with Crippen molar-refractivity contribution in [3.05, 3.63) is 29.8 Å². The number of carbonyl (C=O) groups excluding carboxylic acids is 2. The van der Waals surface area contributed by atoms with Gasteiger partial charge in [0, 0.05) is 11.3 Å². The largest absolute Gasteiger partial charge is 0.389 e. The SMILES string of the molecule is CCC1C(=O)NC(=O)CN1c1ccccc1C(N)=S. The van der Waals surface area contributed by atoms with Crippen molar-refractivity contribution in [3.8, 4) is 0 Å². The molecule has 0 saturated carbocycles. The minimum Gasteiger partial charge on any atom is -0.389 e. The number of nitrogens with zero attached hydrogens (tertiary/aromatic N) is 1. The van der Waals surface area contributed by atoms with Crippen molar-refractivity contribution < 1.29 is 9.59 Å². The molecule has 1 heterocycles. The van der Waals surface area contributed by atoms with Crippen LogP contribution in [0.1, 0.15) is 18.9 Å². The van der Waals surface area contributed by atoms with Crippen molar-refractivity contribution in [2.24, 2.45) is 5.73 Å². The lowest BCUT2D eigenvalue weighted by molar-refractivity contribution is -0.132. The number of imide groups is 1. The summed E-state index contributed by atoms with van der Waals surface area (Å²) in [7, 11) is 0. The molecule has 0 spiro atoms. The van der Waals surface area contributed by atoms with Crippen LogP contribution in [0.5, 0.6) is 0 Å². The first-order chi connectivity index (χ1) is 9.04. The zero-order valence-corrected chi connectivity index (χ0v) is 11.4. The third-order valence-corrected chi connectivity index (χ3v) is 3.34. The summed E-state index contributed by atoms with van der Waals surface area (Å²) in [5, 5.41) is 2.35. The second-order valence-corrected chi connectivity index (χ2v) is 4.79. The molecule has 1 aromatic carbocycles. The standard InChI is InChI=1S/C13H15N3O2S/c1-2-9-13(18)15-11(17)7-16(9)10-6-4-3-5-8(10)12(14)19/h3-6,9H,2,7H2,1H3,(H2,14,19)(H,15,17,18). The first kappa shape index (κ1) is 13.5. The molecular weight excluding hydrogens is 262 g/mol. The Hall–Kier alpha value is -1.95. The van der Waals surface area contributed by atoms with E-state index in [0.29, 0.717) is 12.0 Å². The monoisotopic (exact) mass is 277 g/mol. The summed E-state index contributed by atoms with van der Waals surface area (Å²) < 4.78 is 0. The fraction of sp³-hybridized carbons (Fsp3) is 0.308. The summed E-state index contributed by atoms with van der Waals surface area (Å²) in [5.41, 5.74) is 7.10. The van der Waals surface area contributed by atoms with Crippen LogP contribution in [0.3, 0.4) is 0 Å². The average molecular weight is 277 g/mol. The molecule has 0 aliphatic carbocycles. The number of piperazine rings is 1. The highest BCUT2D eigenvalue weighted by Crippen LogP contribution is 2.25. The highest BCUT2D eigenvalue weighted by Gasteiger charge is 2.33. The number of thiocarbonyl (C=S) groups is 1. The molecule has 5 nitrogen and oxygen atoms in total. The number of amides is 2. The van der Waals surface area contributed by atoms with Gasteiger partial charge in [-0.2, -0.15) is 0 Å². The minimum absolute atomic E-state index is 0.129. The van der Waals surface area contributed by atoms with Gasteiger partial charge in [0.2, 0.25) is 11.8 Å². The van der Waals surface area contributed by atoms with Gasteiger partial charge >= 0.3 is 0 Å². The van der Waals surface area contributed by atoms with E-state index in [1.807, 2.05) is 25.1 Å². The normalized spacial score (nSPS) is 19.2. The third kappa shape index (κ3) is 2.58. The smallest absolute Gasteiger partial charge is 0.249 e. The molecule has 0 radical (unpaired) electrons. The van der Waals surface area contributed by atoms with Gasteiger partial charge in [0.05, 0.1) is 6.54 Å². The molecule has 0 aromatic heterocycles. The van der Waals surface area contributed by atoms with Gasteiger partial charge in [-0.1, -0.05) is 31.3 Å². The first-order valence-corrected chi connectivity index (χ1v) is 6.44. The highest BCUT2D eigenvalue weighted by molar-refractivity contribution is 7.80. The van der Waals surface area contributed by atoms with Crippen LogP contribution in [-0.4, -0.2) is 29.4 Å². The first-order valence-electron chi connectivity index (χ1n) is 6.03. The molecular formula is C13H15N3O2S. The van der Waals surface area contributed by atoms with Crippen molar-refractivity contribution in [1.29, 1.82) is 0 Å². The Balaban J connectivity index is 2.46. The molecule has 1 aromatic rings. The van der Waals surface area contributed by atoms with E-state index in [1.165, 1.54) is 0 Å². The summed E-state index contributed by atoms with van der Waals surface area (Å²) >= 11 is 5.02. The van der Waals surface area contributed by atoms with E-state index < -0.39 is 0 Å². The van der Waals surface area contributed by atoms with Crippen molar-refractivity contribution in [1.82, 2.24) is 5.32 Å². The maximum Gasteiger partial charge on any atom is 0.249 e.